The minimum atomic E-state index is -3.59. The Morgan fingerprint density at radius 1 is 1.34 bits per heavy atom. The third-order valence-electron chi connectivity index (χ3n) is 4.48. The van der Waals surface area contributed by atoms with Crippen molar-refractivity contribution >= 4 is 15.9 Å². The molecule has 3 rings (SSSR count). The van der Waals surface area contributed by atoms with Gasteiger partial charge in [-0.1, -0.05) is 5.16 Å². The zero-order valence-electron chi connectivity index (χ0n) is 17.3. The van der Waals surface area contributed by atoms with Crippen LogP contribution in [0.5, 0.6) is 0 Å². The number of aromatic nitrogens is 3. The molecule has 1 saturated heterocycles. The summed E-state index contributed by atoms with van der Waals surface area (Å²) in [6, 6.07) is 1.75. The number of aryl methyl sites for hydroxylation is 1. The Hall–Kier alpha value is -2.49. The molecule has 1 aliphatic heterocycles. The number of carbonyl (C=O) groups is 1. The van der Waals surface area contributed by atoms with E-state index in [-0.39, 0.29) is 11.1 Å². The lowest BCUT2D eigenvalue weighted by Crippen LogP contribution is -2.42. The van der Waals surface area contributed by atoms with E-state index in [0.717, 1.165) is 19.1 Å². The molecule has 1 atom stereocenters. The van der Waals surface area contributed by atoms with Gasteiger partial charge in [-0.15, -0.1) is 0 Å². The van der Waals surface area contributed by atoms with Crippen molar-refractivity contribution < 1.29 is 22.5 Å². The molecule has 10 heteroatoms. The summed E-state index contributed by atoms with van der Waals surface area (Å²) in [6.07, 6.45) is 3.62. The van der Waals surface area contributed by atoms with Gasteiger partial charge >= 0.3 is 6.09 Å². The topological polar surface area (TPSA) is 115 Å². The Balaban J connectivity index is 1.98. The molecule has 0 N–H and O–H groups in total. The zero-order chi connectivity index (χ0) is 21.4. The molecular formula is C19H26N4O5S. The van der Waals surface area contributed by atoms with Gasteiger partial charge in [-0.2, -0.15) is 0 Å². The van der Waals surface area contributed by atoms with Crippen molar-refractivity contribution in [1.29, 1.82) is 0 Å². The van der Waals surface area contributed by atoms with Crippen molar-refractivity contribution in [2.45, 2.75) is 57.2 Å². The summed E-state index contributed by atoms with van der Waals surface area (Å²) in [7, 11) is -3.59. The molecule has 1 amide bonds. The van der Waals surface area contributed by atoms with E-state index in [0.29, 0.717) is 35.8 Å². The summed E-state index contributed by atoms with van der Waals surface area (Å²) in [5, 5.41) is 3.65. The number of sulfone groups is 1. The minimum Gasteiger partial charge on any atom is -0.444 e. The lowest BCUT2D eigenvalue weighted by atomic mass is 9.91. The molecule has 0 saturated carbocycles. The van der Waals surface area contributed by atoms with Gasteiger partial charge in [-0.05, 0) is 40.5 Å². The predicted molar refractivity (Wildman–Crippen MR) is 105 cm³/mol. The highest BCUT2D eigenvalue weighted by atomic mass is 32.2. The van der Waals surface area contributed by atoms with Crippen LogP contribution in [-0.2, 0) is 14.6 Å². The molecule has 158 valence electrons. The number of likely N-dealkylation sites (tertiary alicyclic amines) is 1. The van der Waals surface area contributed by atoms with Crippen LogP contribution in [0.2, 0.25) is 0 Å². The number of hydrogen-bond donors (Lipinski definition) is 0. The number of ether oxygens (including phenoxy) is 1. The van der Waals surface area contributed by atoms with Crippen molar-refractivity contribution in [2.75, 3.05) is 19.3 Å². The van der Waals surface area contributed by atoms with E-state index in [1.165, 1.54) is 6.20 Å². The molecule has 3 heterocycles. The quantitative estimate of drug-likeness (QED) is 0.693. The average molecular weight is 423 g/mol. The van der Waals surface area contributed by atoms with Crippen LogP contribution in [0.3, 0.4) is 0 Å². The fourth-order valence-corrected chi connectivity index (χ4v) is 3.75. The van der Waals surface area contributed by atoms with Crippen molar-refractivity contribution in [3.63, 3.8) is 0 Å². The van der Waals surface area contributed by atoms with Gasteiger partial charge in [0.15, 0.2) is 5.76 Å². The van der Waals surface area contributed by atoms with Gasteiger partial charge in [-0.25, -0.2) is 23.2 Å². The van der Waals surface area contributed by atoms with Crippen LogP contribution in [0.25, 0.3) is 11.3 Å². The van der Waals surface area contributed by atoms with Gasteiger partial charge in [-0.3, -0.25) is 0 Å². The summed E-state index contributed by atoms with van der Waals surface area (Å²) in [5.74, 6) is 0.284. The highest BCUT2D eigenvalue weighted by molar-refractivity contribution is 7.90. The highest BCUT2D eigenvalue weighted by Crippen LogP contribution is 2.34. The monoisotopic (exact) mass is 422 g/mol. The van der Waals surface area contributed by atoms with Gasteiger partial charge < -0.3 is 14.2 Å². The first-order valence-electron chi connectivity index (χ1n) is 9.42. The number of nitrogens with zero attached hydrogens (tertiary/aromatic N) is 4. The molecule has 0 bridgehead atoms. The molecular weight excluding hydrogens is 396 g/mol. The smallest absolute Gasteiger partial charge is 0.410 e. The Kier molecular flexibility index (Phi) is 5.66. The number of hydrogen-bond acceptors (Lipinski definition) is 8. The molecule has 9 nitrogen and oxygen atoms in total. The SMILES string of the molecule is Cc1cc(-c2cnc(S(C)(=O)=O)nc2[C@@H]2CCCN(C(=O)OC(C)(C)C)C2)on1. The molecule has 0 spiro atoms. The summed E-state index contributed by atoms with van der Waals surface area (Å²) < 4.78 is 34.9. The molecule has 1 fully saturated rings. The Bertz CT molecular complexity index is 1010. The van der Waals surface area contributed by atoms with Crippen LogP contribution in [0.1, 0.15) is 50.9 Å². The third-order valence-corrected chi connectivity index (χ3v) is 5.34. The lowest BCUT2D eigenvalue weighted by Gasteiger charge is -2.34. The van der Waals surface area contributed by atoms with Crippen molar-refractivity contribution in [3.8, 4) is 11.3 Å². The molecule has 0 aromatic carbocycles. The van der Waals surface area contributed by atoms with Crippen LogP contribution < -0.4 is 0 Å². The van der Waals surface area contributed by atoms with Crippen molar-refractivity contribution in [3.05, 3.63) is 23.7 Å². The number of piperidine rings is 1. The first-order valence-corrected chi connectivity index (χ1v) is 11.3. The van der Waals surface area contributed by atoms with Gasteiger partial charge in [0.05, 0.1) is 17.0 Å². The first-order chi connectivity index (χ1) is 13.4. The number of rotatable bonds is 3. The summed E-state index contributed by atoms with van der Waals surface area (Å²) in [6.45, 7) is 8.20. The fraction of sp³-hybridized carbons (Fsp3) is 0.579. The maximum Gasteiger partial charge on any atom is 0.410 e. The number of carbonyl (C=O) groups excluding carboxylic acids is 1. The van der Waals surface area contributed by atoms with Crippen LogP contribution in [-0.4, -0.2) is 59.5 Å². The maximum absolute atomic E-state index is 12.5. The van der Waals surface area contributed by atoms with E-state index >= 15 is 0 Å². The van der Waals surface area contributed by atoms with E-state index in [2.05, 4.69) is 15.1 Å². The van der Waals surface area contributed by atoms with Crippen LogP contribution in [0.4, 0.5) is 4.79 Å². The number of amides is 1. The van der Waals surface area contributed by atoms with E-state index in [9.17, 15) is 13.2 Å². The van der Waals surface area contributed by atoms with Gasteiger partial charge in [0, 0.05) is 37.5 Å². The molecule has 0 aliphatic carbocycles. The van der Waals surface area contributed by atoms with Crippen molar-refractivity contribution in [2.24, 2.45) is 0 Å². The predicted octanol–water partition coefficient (Wildman–Crippen LogP) is 2.96. The largest absolute Gasteiger partial charge is 0.444 e. The molecule has 0 radical (unpaired) electrons. The van der Waals surface area contributed by atoms with Gasteiger partial charge in [0.1, 0.15) is 5.60 Å². The average Bonchev–Trinajstić information content (AvgIpc) is 3.05. The van der Waals surface area contributed by atoms with Gasteiger partial charge in [0.25, 0.3) is 0 Å². The third kappa shape index (κ3) is 5.11. The Morgan fingerprint density at radius 3 is 2.66 bits per heavy atom. The molecule has 29 heavy (non-hydrogen) atoms. The second-order valence-corrected chi connectivity index (χ2v) is 10.2. The Morgan fingerprint density at radius 2 is 2.07 bits per heavy atom. The first kappa shape index (κ1) is 21.2. The Labute approximate surface area is 170 Å². The summed E-state index contributed by atoms with van der Waals surface area (Å²) >= 11 is 0. The molecule has 2 aromatic rings. The van der Waals surface area contributed by atoms with Crippen molar-refractivity contribution in [1.82, 2.24) is 20.0 Å². The summed E-state index contributed by atoms with van der Waals surface area (Å²) in [5.41, 5.74) is 1.21. The molecule has 0 unspecified atom stereocenters. The van der Waals surface area contributed by atoms with Crippen LogP contribution in [0.15, 0.2) is 21.9 Å². The lowest BCUT2D eigenvalue weighted by molar-refractivity contribution is 0.0197. The maximum atomic E-state index is 12.5. The molecule has 2 aromatic heterocycles. The fourth-order valence-electron chi connectivity index (χ4n) is 3.24. The second-order valence-electron chi connectivity index (χ2n) is 8.32. The van der Waals surface area contributed by atoms with E-state index < -0.39 is 21.5 Å². The highest BCUT2D eigenvalue weighted by Gasteiger charge is 2.32. The van der Waals surface area contributed by atoms with Crippen LogP contribution >= 0.6 is 0 Å². The molecule has 1 aliphatic rings. The minimum absolute atomic E-state index is 0.180. The van der Waals surface area contributed by atoms with Crippen LogP contribution in [0, 0.1) is 6.92 Å². The standard InChI is InChI=1S/C19H26N4O5S/c1-12-9-15(28-22-12)14-10-20-17(29(5,25)26)21-16(14)13-7-6-8-23(11-13)18(24)27-19(2,3)4/h9-10,13H,6-8,11H2,1-5H3/t13-/m1/s1. The van der Waals surface area contributed by atoms with E-state index in [1.807, 2.05) is 20.8 Å². The van der Waals surface area contributed by atoms with E-state index in [4.69, 9.17) is 9.26 Å². The van der Waals surface area contributed by atoms with E-state index in [1.54, 1.807) is 17.9 Å². The van der Waals surface area contributed by atoms with Gasteiger partial charge in [0.2, 0.25) is 15.0 Å². The summed E-state index contributed by atoms with van der Waals surface area (Å²) in [4.78, 5) is 22.5. The zero-order valence-corrected chi connectivity index (χ0v) is 18.1. The normalized spacial score (nSPS) is 18.0. The second kappa shape index (κ2) is 7.74.